The van der Waals surface area contributed by atoms with E-state index in [9.17, 15) is 0 Å². The fraction of sp³-hybridized carbons (Fsp3) is 0.571. The number of rotatable bonds is 7. The molecule has 0 amide bonds. The number of hydrogen-bond acceptors (Lipinski definition) is 1. The second kappa shape index (κ2) is 7.47. The first-order chi connectivity index (χ1) is 7.36. The van der Waals surface area contributed by atoms with Gasteiger partial charge in [-0.15, -0.1) is 0 Å². The van der Waals surface area contributed by atoms with Gasteiger partial charge in [-0.25, -0.2) is 0 Å². The summed E-state index contributed by atoms with van der Waals surface area (Å²) in [5, 5.41) is 3.62. The second-order valence-corrected chi connectivity index (χ2v) is 4.13. The quantitative estimate of drug-likeness (QED) is 0.719. The molecule has 15 heavy (non-hydrogen) atoms. The van der Waals surface area contributed by atoms with Gasteiger partial charge in [0.25, 0.3) is 0 Å². The summed E-state index contributed by atoms with van der Waals surface area (Å²) in [6.07, 6.45) is 4.91. The Morgan fingerprint density at radius 2 is 1.80 bits per heavy atom. The highest BCUT2D eigenvalue weighted by atomic mass is 14.9. The zero-order valence-corrected chi connectivity index (χ0v) is 10.00. The normalized spacial score (nSPS) is 12.7. The summed E-state index contributed by atoms with van der Waals surface area (Å²) in [6.45, 7) is 5.61. The van der Waals surface area contributed by atoms with Crippen molar-refractivity contribution in [3.8, 4) is 0 Å². The van der Waals surface area contributed by atoms with Crippen molar-refractivity contribution in [2.45, 2.75) is 45.6 Å². The van der Waals surface area contributed by atoms with Crippen molar-refractivity contribution in [3.63, 3.8) is 0 Å². The molecule has 0 fully saturated rings. The number of benzene rings is 1. The number of nitrogens with one attached hydrogen (secondary N) is 1. The zero-order valence-electron chi connectivity index (χ0n) is 10.00. The van der Waals surface area contributed by atoms with Gasteiger partial charge < -0.3 is 5.32 Å². The van der Waals surface area contributed by atoms with E-state index in [2.05, 4.69) is 49.5 Å². The topological polar surface area (TPSA) is 12.0 Å². The van der Waals surface area contributed by atoms with Gasteiger partial charge in [-0.2, -0.15) is 0 Å². The maximum absolute atomic E-state index is 3.62. The van der Waals surface area contributed by atoms with Crippen LogP contribution in [0.4, 0.5) is 0 Å². The Bertz CT molecular complexity index is 243. The van der Waals surface area contributed by atoms with Gasteiger partial charge in [-0.1, -0.05) is 50.6 Å². The molecule has 0 radical (unpaired) electrons. The summed E-state index contributed by atoms with van der Waals surface area (Å²) in [5.74, 6) is 0. The highest BCUT2D eigenvalue weighted by Gasteiger charge is 2.06. The molecule has 0 aliphatic heterocycles. The Kier molecular flexibility index (Phi) is 6.10. The molecule has 1 heteroatoms. The van der Waals surface area contributed by atoms with Crippen LogP contribution in [0, 0.1) is 0 Å². The molecule has 1 rings (SSSR count). The van der Waals surface area contributed by atoms with Crippen molar-refractivity contribution in [2.75, 3.05) is 6.54 Å². The molecule has 1 atom stereocenters. The summed E-state index contributed by atoms with van der Waals surface area (Å²) in [7, 11) is 0. The standard InChI is InChI=1S/C14H23N/c1-3-8-14(15-11-4-2)12-13-9-6-5-7-10-13/h5-7,9-10,14-15H,3-4,8,11-12H2,1-2H3. The molecule has 0 aromatic heterocycles. The zero-order chi connectivity index (χ0) is 10.9. The second-order valence-electron chi connectivity index (χ2n) is 4.13. The van der Waals surface area contributed by atoms with Crippen LogP contribution in [0.3, 0.4) is 0 Å². The van der Waals surface area contributed by atoms with Crippen LogP contribution >= 0.6 is 0 Å². The molecule has 84 valence electrons. The summed E-state index contributed by atoms with van der Waals surface area (Å²) in [4.78, 5) is 0. The van der Waals surface area contributed by atoms with Crippen molar-refractivity contribution in [1.29, 1.82) is 0 Å². The average Bonchev–Trinajstić information content (AvgIpc) is 2.28. The fourth-order valence-electron chi connectivity index (χ4n) is 1.87. The van der Waals surface area contributed by atoms with Crippen molar-refractivity contribution in [1.82, 2.24) is 5.32 Å². The van der Waals surface area contributed by atoms with Gasteiger partial charge >= 0.3 is 0 Å². The molecule has 0 saturated carbocycles. The van der Waals surface area contributed by atoms with E-state index in [1.165, 1.54) is 24.8 Å². The molecule has 0 spiro atoms. The van der Waals surface area contributed by atoms with E-state index in [0.29, 0.717) is 6.04 Å². The van der Waals surface area contributed by atoms with Crippen LogP contribution < -0.4 is 5.32 Å². The maximum Gasteiger partial charge on any atom is 0.0107 e. The van der Waals surface area contributed by atoms with Gasteiger partial charge in [-0.3, -0.25) is 0 Å². The Morgan fingerprint density at radius 1 is 1.07 bits per heavy atom. The molecule has 1 aromatic carbocycles. The van der Waals surface area contributed by atoms with Crippen LogP contribution in [0.25, 0.3) is 0 Å². The van der Waals surface area contributed by atoms with Crippen LogP contribution in [0.1, 0.15) is 38.7 Å². The predicted octanol–water partition coefficient (Wildman–Crippen LogP) is 3.40. The largest absolute Gasteiger partial charge is 0.314 e. The Balaban J connectivity index is 2.43. The Hall–Kier alpha value is -0.820. The van der Waals surface area contributed by atoms with Gasteiger partial charge in [0.2, 0.25) is 0 Å². The first-order valence-electron chi connectivity index (χ1n) is 6.14. The van der Waals surface area contributed by atoms with Gasteiger partial charge in [0, 0.05) is 6.04 Å². The molecule has 1 unspecified atom stereocenters. The summed E-state index contributed by atoms with van der Waals surface area (Å²) in [6, 6.07) is 11.4. The van der Waals surface area contributed by atoms with E-state index in [4.69, 9.17) is 0 Å². The van der Waals surface area contributed by atoms with E-state index in [1.807, 2.05) is 0 Å². The molecule has 1 aromatic rings. The van der Waals surface area contributed by atoms with Crippen LogP contribution in [0.5, 0.6) is 0 Å². The van der Waals surface area contributed by atoms with E-state index in [-0.39, 0.29) is 0 Å². The summed E-state index contributed by atoms with van der Waals surface area (Å²) >= 11 is 0. The molecule has 0 bridgehead atoms. The predicted molar refractivity (Wildman–Crippen MR) is 67.1 cm³/mol. The lowest BCUT2D eigenvalue weighted by molar-refractivity contribution is 0.473. The summed E-state index contributed by atoms with van der Waals surface area (Å²) < 4.78 is 0. The SMILES string of the molecule is CCCNC(CCC)Cc1ccccc1. The first kappa shape index (κ1) is 12.3. The lowest BCUT2D eigenvalue weighted by Crippen LogP contribution is -2.31. The molecule has 0 heterocycles. The molecule has 1 nitrogen and oxygen atoms in total. The van der Waals surface area contributed by atoms with Crippen LogP contribution in [0.15, 0.2) is 30.3 Å². The summed E-state index contributed by atoms with van der Waals surface area (Å²) in [5.41, 5.74) is 1.44. The van der Waals surface area contributed by atoms with Crippen molar-refractivity contribution < 1.29 is 0 Å². The molecule has 0 aliphatic rings. The highest BCUT2D eigenvalue weighted by Crippen LogP contribution is 2.07. The maximum atomic E-state index is 3.62. The third kappa shape index (κ3) is 4.98. The number of hydrogen-bond donors (Lipinski definition) is 1. The van der Waals surface area contributed by atoms with E-state index < -0.39 is 0 Å². The molecule has 1 N–H and O–H groups in total. The average molecular weight is 205 g/mol. The van der Waals surface area contributed by atoms with Crippen LogP contribution in [0.2, 0.25) is 0 Å². The van der Waals surface area contributed by atoms with E-state index >= 15 is 0 Å². The third-order valence-electron chi connectivity index (χ3n) is 2.65. The third-order valence-corrected chi connectivity index (χ3v) is 2.65. The first-order valence-corrected chi connectivity index (χ1v) is 6.14. The lowest BCUT2D eigenvalue weighted by Gasteiger charge is -2.17. The van der Waals surface area contributed by atoms with Crippen LogP contribution in [-0.2, 0) is 6.42 Å². The minimum absolute atomic E-state index is 0.650. The highest BCUT2D eigenvalue weighted by molar-refractivity contribution is 5.15. The Morgan fingerprint density at radius 3 is 2.40 bits per heavy atom. The Labute approximate surface area is 93.9 Å². The molecular formula is C14H23N. The van der Waals surface area contributed by atoms with E-state index in [0.717, 1.165) is 13.0 Å². The van der Waals surface area contributed by atoms with E-state index in [1.54, 1.807) is 0 Å². The lowest BCUT2D eigenvalue weighted by atomic mass is 10.0. The smallest absolute Gasteiger partial charge is 0.0107 e. The minimum Gasteiger partial charge on any atom is -0.314 e. The van der Waals surface area contributed by atoms with Gasteiger partial charge in [-0.05, 0) is 31.4 Å². The molecule has 0 aliphatic carbocycles. The minimum atomic E-state index is 0.650. The van der Waals surface area contributed by atoms with Crippen molar-refractivity contribution in [2.24, 2.45) is 0 Å². The fourth-order valence-corrected chi connectivity index (χ4v) is 1.87. The van der Waals surface area contributed by atoms with Crippen LogP contribution in [-0.4, -0.2) is 12.6 Å². The van der Waals surface area contributed by atoms with Crippen molar-refractivity contribution >= 4 is 0 Å². The van der Waals surface area contributed by atoms with Crippen molar-refractivity contribution in [3.05, 3.63) is 35.9 Å². The monoisotopic (exact) mass is 205 g/mol. The molecule has 0 saturated heterocycles. The van der Waals surface area contributed by atoms with Gasteiger partial charge in [0.05, 0.1) is 0 Å². The van der Waals surface area contributed by atoms with Gasteiger partial charge in [0.1, 0.15) is 0 Å². The van der Waals surface area contributed by atoms with Gasteiger partial charge in [0.15, 0.2) is 0 Å². The molecular weight excluding hydrogens is 182 g/mol.